The van der Waals surface area contributed by atoms with Gasteiger partial charge < -0.3 is 9.80 Å². The van der Waals surface area contributed by atoms with Gasteiger partial charge in [-0.2, -0.15) is 4.98 Å². The highest BCUT2D eigenvalue weighted by molar-refractivity contribution is 6.28. The summed E-state index contributed by atoms with van der Waals surface area (Å²) in [4.78, 5) is 24.3. The largest absolute Gasteiger partial charge is 0.336 e. The molecular formula is C14H15ClF2N4O. The lowest BCUT2D eigenvalue weighted by molar-refractivity contribution is -0.123. The second kappa shape index (κ2) is 4.07. The Labute approximate surface area is 131 Å². The Morgan fingerprint density at radius 3 is 2.55 bits per heavy atom. The monoisotopic (exact) mass is 328 g/mol. The first-order valence-electron chi connectivity index (χ1n) is 7.24. The molecule has 0 radical (unpaired) electrons. The molecule has 5 nitrogen and oxygen atoms in total. The van der Waals surface area contributed by atoms with E-state index in [1.807, 2.05) is 6.92 Å². The van der Waals surface area contributed by atoms with E-state index in [4.69, 9.17) is 11.6 Å². The van der Waals surface area contributed by atoms with Gasteiger partial charge in [-0.25, -0.2) is 13.8 Å². The van der Waals surface area contributed by atoms with Crippen molar-refractivity contribution < 1.29 is 13.6 Å². The van der Waals surface area contributed by atoms with Crippen molar-refractivity contribution in [2.24, 2.45) is 5.92 Å². The number of carbonyl (C=O) groups excluding carboxylic acids is 1. The molecule has 0 aromatic carbocycles. The quantitative estimate of drug-likeness (QED) is 0.743. The van der Waals surface area contributed by atoms with Crippen molar-refractivity contribution in [3.63, 3.8) is 0 Å². The van der Waals surface area contributed by atoms with Gasteiger partial charge in [0.2, 0.25) is 5.28 Å². The summed E-state index contributed by atoms with van der Waals surface area (Å²) in [6.45, 7) is 1.96. The fraction of sp³-hybridized carbons (Fsp3) is 0.643. The molecule has 2 atom stereocenters. The molecule has 0 saturated heterocycles. The molecule has 1 amide bonds. The first kappa shape index (κ1) is 14.1. The minimum atomic E-state index is -2.66. The van der Waals surface area contributed by atoms with Crippen LogP contribution in [0, 0.1) is 5.92 Å². The van der Waals surface area contributed by atoms with Crippen LogP contribution in [0.3, 0.4) is 0 Å². The summed E-state index contributed by atoms with van der Waals surface area (Å²) in [6.07, 6.45) is 1.63. The Morgan fingerprint density at radius 1 is 1.36 bits per heavy atom. The van der Waals surface area contributed by atoms with Crippen LogP contribution in [-0.4, -0.2) is 40.4 Å². The van der Waals surface area contributed by atoms with Gasteiger partial charge in [0.1, 0.15) is 11.2 Å². The van der Waals surface area contributed by atoms with Gasteiger partial charge in [0.15, 0.2) is 5.82 Å². The number of rotatable bonds is 1. The zero-order chi connectivity index (χ0) is 15.9. The third-order valence-electron chi connectivity index (χ3n) is 5.12. The third kappa shape index (κ3) is 1.66. The lowest BCUT2D eigenvalue weighted by Gasteiger charge is -2.50. The highest BCUT2D eigenvalue weighted by Crippen LogP contribution is 2.59. The molecule has 118 valence electrons. The van der Waals surface area contributed by atoms with Gasteiger partial charge in [0, 0.05) is 25.9 Å². The molecule has 1 aromatic rings. The predicted molar refractivity (Wildman–Crippen MR) is 77.4 cm³/mol. The van der Waals surface area contributed by atoms with Crippen LogP contribution >= 0.6 is 11.6 Å². The Morgan fingerprint density at radius 2 is 2.00 bits per heavy atom. The molecule has 0 N–H and O–H groups in total. The molecule has 2 heterocycles. The molecular weight excluding hydrogens is 314 g/mol. The molecule has 0 bridgehead atoms. The Balaban J connectivity index is 1.84. The number of hydrogen-bond acceptors (Lipinski definition) is 4. The number of aromatic nitrogens is 2. The SMILES string of the molecule is C[C@H]1C[C@@]12C(=O)N(C)c1cnc(Cl)nc1N2C1CC(F)(F)C1. The van der Waals surface area contributed by atoms with Gasteiger partial charge in [-0.05, 0) is 23.9 Å². The molecule has 1 spiro atoms. The van der Waals surface area contributed by atoms with E-state index >= 15 is 0 Å². The Kier molecular flexibility index (Phi) is 2.61. The number of alkyl halides is 2. The summed E-state index contributed by atoms with van der Waals surface area (Å²) in [5.74, 6) is -2.13. The van der Waals surface area contributed by atoms with E-state index in [2.05, 4.69) is 9.97 Å². The van der Waals surface area contributed by atoms with Crippen LogP contribution in [0.1, 0.15) is 26.2 Å². The van der Waals surface area contributed by atoms with E-state index in [0.717, 1.165) is 0 Å². The molecule has 1 aliphatic heterocycles. The van der Waals surface area contributed by atoms with E-state index in [1.54, 1.807) is 11.9 Å². The van der Waals surface area contributed by atoms with Crippen molar-refractivity contribution in [3.8, 4) is 0 Å². The number of likely N-dealkylation sites (N-methyl/N-ethyl adjacent to an activating group) is 1. The number of carbonyl (C=O) groups is 1. The molecule has 22 heavy (non-hydrogen) atoms. The van der Waals surface area contributed by atoms with Gasteiger partial charge in [-0.1, -0.05) is 6.92 Å². The minimum absolute atomic E-state index is 0.0565. The number of fused-ring (bicyclic) bond motifs is 1. The maximum Gasteiger partial charge on any atom is 0.253 e. The molecule has 3 aliphatic rings. The fourth-order valence-electron chi connectivity index (χ4n) is 3.80. The molecule has 1 aromatic heterocycles. The molecule has 2 fully saturated rings. The number of halogens is 3. The van der Waals surface area contributed by atoms with E-state index < -0.39 is 11.5 Å². The standard InChI is InChI=1S/C14H15ClF2N4O/c1-7-3-14(7)11(22)20(2)9-6-18-12(15)19-10(9)21(14)8-4-13(16,17)5-8/h6-8H,3-5H2,1-2H3/t7-,14-/m0/s1. The second-order valence-corrected chi connectivity index (χ2v) is 6.87. The van der Waals surface area contributed by atoms with Gasteiger partial charge in [-0.15, -0.1) is 0 Å². The Bertz CT molecular complexity index is 677. The van der Waals surface area contributed by atoms with Crippen molar-refractivity contribution >= 4 is 29.0 Å². The van der Waals surface area contributed by atoms with Crippen LogP contribution < -0.4 is 9.80 Å². The van der Waals surface area contributed by atoms with Crippen LogP contribution in [0.2, 0.25) is 5.28 Å². The first-order chi connectivity index (χ1) is 10.3. The highest BCUT2D eigenvalue weighted by Gasteiger charge is 2.68. The first-order valence-corrected chi connectivity index (χ1v) is 7.62. The second-order valence-electron chi connectivity index (χ2n) is 6.53. The smallest absolute Gasteiger partial charge is 0.253 e. The summed E-state index contributed by atoms with van der Waals surface area (Å²) < 4.78 is 26.7. The summed E-state index contributed by atoms with van der Waals surface area (Å²) >= 11 is 5.90. The predicted octanol–water partition coefficient (Wildman–Crippen LogP) is 2.49. The minimum Gasteiger partial charge on any atom is -0.336 e. The van der Waals surface area contributed by atoms with Crippen LogP contribution in [0.25, 0.3) is 0 Å². The number of amides is 1. The normalized spacial score (nSPS) is 33.0. The zero-order valence-electron chi connectivity index (χ0n) is 12.2. The van der Waals surface area contributed by atoms with Gasteiger partial charge in [-0.3, -0.25) is 4.79 Å². The third-order valence-corrected chi connectivity index (χ3v) is 5.30. The molecule has 2 aliphatic carbocycles. The molecule has 8 heteroatoms. The van der Waals surface area contributed by atoms with Crippen LogP contribution in [0.4, 0.5) is 20.3 Å². The summed E-state index contributed by atoms with van der Waals surface area (Å²) in [5, 5.41) is 0.0565. The van der Waals surface area contributed by atoms with Crippen LogP contribution in [-0.2, 0) is 4.79 Å². The van der Waals surface area contributed by atoms with Crippen LogP contribution in [0.15, 0.2) is 6.20 Å². The number of anilines is 2. The van der Waals surface area contributed by atoms with Crippen molar-refractivity contribution in [3.05, 3.63) is 11.5 Å². The van der Waals surface area contributed by atoms with Crippen molar-refractivity contribution in [1.82, 2.24) is 9.97 Å². The lowest BCUT2D eigenvalue weighted by atomic mass is 9.84. The summed E-state index contributed by atoms with van der Waals surface area (Å²) in [6, 6.07) is -0.387. The fourth-order valence-corrected chi connectivity index (χ4v) is 3.93. The molecule has 0 unspecified atom stereocenters. The van der Waals surface area contributed by atoms with Crippen LogP contribution in [0.5, 0.6) is 0 Å². The number of hydrogen-bond donors (Lipinski definition) is 0. The van der Waals surface area contributed by atoms with Gasteiger partial charge in [0.25, 0.3) is 11.8 Å². The summed E-state index contributed by atoms with van der Waals surface area (Å²) in [5.41, 5.74) is -0.227. The van der Waals surface area contributed by atoms with Crippen molar-refractivity contribution in [1.29, 1.82) is 0 Å². The maximum atomic E-state index is 13.4. The maximum absolute atomic E-state index is 13.4. The van der Waals surface area contributed by atoms with Crippen molar-refractivity contribution in [2.75, 3.05) is 16.8 Å². The summed E-state index contributed by atoms with van der Waals surface area (Å²) in [7, 11) is 1.66. The topological polar surface area (TPSA) is 49.3 Å². The van der Waals surface area contributed by atoms with Gasteiger partial charge >= 0.3 is 0 Å². The van der Waals surface area contributed by atoms with E-state index in [1.165, 1.54) is 11.1 Å². The molecule has 4 rings (SSSR count). The molecule has 2 saturated carbocycles. The lowest BCUT2D eigenvalue weighted by Crippen LogP contribution is -2.64. The van der Waals surface area contributed by atoms with Crippen molar-refractivity contribution in [2.45, 2.75) is 43.7 Å². The van der Waals surface area contributed by atoms with E-state index in [0.29, 0.717) is 17.9 Å². The zero-order valence-corrected chi connectivity index (χ0v) is 12.9. The van der Waals surface area contributed by atoms with E-state index in [-0.39, 0.29) is 36.0 Å². The highest BCUT2D eigenvalue weighted by atomic mass is 35.5. The van der Waals surface area contributed by atoms with E-state index in [9.17, 15) is 13.6 Å². The average Bonchev–Trinajstić information content (AvgIpc) is 3.06. The van der Waals surface area contributed by atoms with Gasteiger partial charge in [0.05, 0.1) is 6.20 Å². The Hall–Kier alpha value is -1.50. The number of nitrogens with zero attached hydrogens (tertiary/aromatic N) is 4. The average molecular weight is 329 g/mol.